The largest absolute Gasteiger partial charge is 0.456 e. The number of carbonyl (C=O) groups is 4. The van der Waals surface area contributed by atoms with Crippen molar-refractivity contribution in [2.24, 2.45) is 0 Å². The van der Waals surface area contributed by atoms with Crippen LogP contribution in [-0.4, -0.2) is 30.3 Å². The highest BCUT2D eigenvalue weighted by Gasteiger charge is 2.13. The van der Waals surface area contributed by atoms with Crippen molar-refractivity contribution in [3.63, 3.8) is 0 Å². The molecule has 0 spiro atoms. The highest BCUT2D eigenvalue weighted by Crippen LogP contribution is 2.11. The van der Waals surface area contributed by atoms with Crippen molar-refractivity contribution in [1.82, 2.24) is 16.2 Å². The third kappa shape index (κ3) is 7.92. The Labute approximate surface area is 178 Å². The Balaban J connectivity index is 1.62. The molecule has 3 N–H and O–H groups in total. The first kappa shape index (κ1) is 22.9. The quantitative estimate of drug-likeness (QED) is 0.438. The summed E-state index contributed by atoms with van der Waals surface area (Å²) in [5.74, 6) is -2.24. The highest BCUT2D eigenvalue weighted by atomic mass is 35.5. The summed E-state index contributed by atoms with van der Waals surface area (Å²) >= 11 is 5.74. The summed E-state index contributed by atoms with van der Waals surface area (Å²) in [6.07, 6.45) is -0.439. The topological polar surface area (TPSA) is 114 Å². The Kier molecular flexibility index (Phi) is 8.83. The first-order valence-electron chi connectivity index (χ1n) is 9.20. The molecule has 0 aliphatic carbocycles. The van der Waals surface area contributed by atoms with Gasteiger partial charge in [-0.25, -0.2) is 0 Å². The van der Waals surface area contributed by atoms with E-state index in [1.54, 1.807) is 12.1 Å². The lowest BCUT2D eigenvalue weighted by Gasteiger charge is -2.14. The van der Waals surface area contributed by atoms with E-state index in [1.807, 2.05) is 37.3 Å². The van der Waals surface area contributed by atoms with Crippen LogP contribution in [0.3, 0.4) is 0 Å². The molecule has 2 aromatic rings. The second-order valence-electron chi connectivity index (χ2n) is 6.37. The molecule has 0 unspecified atom stereocenters. The standard InChI is InChI=1S/C21H22ClN3O5/c1-14(15-5-3-2-4-6-15)23-19(27)13-30-20(28)12-11-18(26)24-25-21(29)16-7-9-17(22)10-8-16/h2-10,14H,11-13H2,1H3,(H,23,27)(H,24,26)(H,25,29)/t14-/m1/s1. The minimum absolute atomic E-state index is 0.207. The molecule has 0 bridgehead atoms. The van der Waals surface area contributed by atoms with Crippen molar-refractivity contribution >= 4 is 35.3 Å². The Morgan fingerprint density at radius 1 is 0.900 bits per heavy atom. The first-order chi connectivity index (χ1) is 14.3. The fraction of sp³-hybridized carbons (Fsp3) is 0.238. The van der Waals surface area contributed by atoms with Gasteiger partial charge in [0.05, 0.1) is 12.5 Å². The zero-order valence-corrected chi connectivity index (χ0v) is 17.1. The number of halogens is 1. The number of ether oxygens (including phenoxy) is 1. The number of esters is 1. The molecule has 0 saturated carbocycles. The van der Waals surface area contributed by atoms with Gasteiger partial charge >= 0.3 is 5.97 Å². The van der Waals surface area contributed by atoms with Crippen molar-refractivity contribution < 1.29 is 23.9 Å². The molecule has 3 amide bonds. The molecular formula is C21H22ClN3O5. The van der Waals surface area contributed by atoms with Crippen LogP contribution in [0.1, 0.15) is 41.7 Å². The van der Waals surface area contributed by atoms with E-state index in [0.717, 1.165) is 5.56 Å². The number of hydrazine groups is 1. The Bertz CT molecular complexity index is 887. The molecule has 8 nitrogen and oxygen atoms in total. The summed E-state index contributed by atoms with van der Waals surface area (Å²) in [5.41, 5.74) is 5.67. The fourth-order valence-corrected chi connectivity index (χ4v) is 2.53. The third-order valence-corrected chi connectivity index (χ3v) is 4.27. The van der Waals surface area contributed by atoms with E-state index in [0.29, 0.717) is 10.6 Å². The molecule has 0 fully saturated rings. The average Bonchev–Trinajstić information content (AvgIpc) is 2.75. The van der Waals surface area contributed by atoms with Gasteiger partial charge in [0.15, 0.2) is 6.61 Å². The van der Waals surface area contributed by atoms with Crippen LogP contribution in [0, 0.1) is 0 Å². The number of carbonyl (C=O) groups excluding carboxylic acids is 4. The molecule has 0 aliphatic heterocycles. The van der Waals surface area contributed by atoms with E-state index in [9.17, 15) is 19.2 Å². The van der Waals surface area contributed by atoms with Gasteiger partial charge in [0.25, 0.3) is 11.8 Å². The van der Waals surface area contributed by atoms with Crippen LogP contribution in [-0.2, 0) is 19.1 Å². The van der Waals surface area contributed by atoms with Gasteiger partial charge in [-0.3, -0.25) is 30.0 Å². The van der Waals surface area contributed by atoms with Gasteiger partial charge in [-0.15, -0.1) is 0 Å². The van der Waals surface area contributed by atoms with E-state index >= 15 is 0 Å². The number of nitrogens with one attached hydrogen (secondary N) is 3. The Hall–Kier alpha value is -3.39. The minimum Gasteiger partial charge on any atom is -0.456 e. The molecule has 158 valence electrons. The molecule has 0 aromatic heterocycles. The molecule has 0 heterocycles. The number of benzene rings is 2. The van der Waals surface area contributed by atoms with Gasteiger partial charge in [0.2, 0.25) is 5.91 Å². The van der Waals surface area contributed by atoms with Crippen LogP contribution in [0.25, 0.3) is 0 Å². The van der Waals surface area contributed by atoms with Gasteiger partial charge in [0, 0.05) is 17.0 Å². The van der Waals surface area contributed by atoms with Crippen LogP contribution in [0.15, 0.2) is 54.6 Å². The zero-order chi connectivity index (χ0) is 21.9. The molecule has 0 saturated heterocycles. The predicted octanol–water partition coefficient (Wildman–Crippen LogP) is 2.30. The zero-order valence-electron chi connectivity index (χ0n) is 16.3. The number of rotatable bonds is 8. The number of amides is 3. The van der Waals surface area contributed by atoms with E-state index < -0.39 is 30.3 Å². The average molecular weight is 432 g/mol. The first-order valence-corrected chi connectivity index (χ1v) is 9.57. The van der Waals surface area contributed by atoms with Crippen molar-refractivity contribution in [3.8, 4) is 0 Å². The van der Waals surface area contributed by atoms with Crippen molar-refractivity contribution in [3.05, 3.63) is 70.7 Å². The third-order valence-electron chi connectivity index (χ3n) is 4.02. The molecule has 2 rings (SSSR count). The maximum atomic E-state index is 11.9. The summed E-state index contributed by atoms with van der Waals surface area (Å²) in [4.78, 5) is 47.2. The highest BCUT2D eigenvalue weighted by molar-refractivity contribution is 6.30. The second kappa shape index (κ2) is 11.6. The lowest BCUT2D eigenvalue weighted by atomic mass is 10.1. The predicted molar refractivity (Wildman–Crippen MR) is 110 cm³/mol. The SMILES string of the molecule is C[C@@H](NC(=O)COC(=O)CCC(=O)NNC(=O)c1ccc(Cl)cc1)c1ccccc1. The lowest BCUT2D eigenvalue weighted by Crippen LogP contribution is -2.41. The van der Waals surface area contributed by atoms with Crippen molar-refractivity contribution in [2.45, 2.75) is 25.8 Å². The maximum Gasteiger partial charge on any atom is 0.306 e. The molecule has 0 radical (unpaired) electrons. The Morgan fingerprint density at radius 2 is 1.57 bits per heavy atom. The van der Waals surface area contributed by atoms with Gasteiger partial charge in [-0.05, 0) is 36.8 Å². The van der Waals surface area contributed by atoms with Gasteiger partial charge in [-0.2, -0.15) is 0 Å². The summed E-state index contributed by atoms with van der Waals surface area (Å²) in [5, 5.41) is 3.20. The normalized spacial score (nSPS) is 11.1. The second-order valence-corrected chi connectivity index (χ2v) is 6.81. The smallest absolute Gasteiger partial charge is 0.306 e. The monoisotopic (exact) mass is 431 g/mol. The Morgan fingerprint density at radius 3 is 2.23 bits per heavy atom. The summed E-state index contributed by atoms with van der Waals surface area (Å²) < 4.78 is 4.87. The van der Waals surface area contributed by atoms with Crippen LogP contribution in [0.5, 0.6) is 0 Å². The summed E-state index contributed by atoms with van der Waals surface area (Å²) in [6.45, 7) is 1.38. The molecule has 1 atom stereocenters. The molecular weight excluding hydrogens is 410 g/mol. The number of hydrogen-bond acceptors (Lipinski definition) is 5. The summed E-state index contributed by atoms with van der Waals surface area (Å²) in [6, 6.07) is 15.2. The van der Waals surface area contributed by atoms with Crippen molar-refractivity contribution in [2.75, 3.05) is 6.61 Å². The lowest BCUT2D eigenvalue weighted by molar-refractivity contribution is -0.149. The van der Waals surface area contributed by atoms with Gasteiger partial charge < -0.3 is 10.1 Å². The van der Waals surface area contributed by atoms with Crippen molar-refractivity contribution in [1.29, 1.82) is 0 Å². The molecule has 2 aromatic carbocycles. The van der Waals surface area contributed by atoms with Crippen LogP contribution in [0.2, 0.25) is 5.02 Å². The van der Waals surface area contributed by atoms with E-state index in [1.165, 1.54) is 12.1 Å². The van der Waals surface area contributed by atoms with E-state index in [2.05, 4.69) is 16.2 Å². The van der Waals surface area contributed by atoms with Crippen LogP contribution in [0.4, 0.5) is 0 Å². The fourth-order valence-electron chi connectivity index (χ4n) is 2.40. The van der Waals surface area contributed by atoms with E-state index in [4.69, 9.17) is 16.3 Å². The summed E-state index contributed by atoms with van der Waals surface area (Å²) in [7, 11) is 0. The number of hydrogen-bond donors (Lipinski definition) is 3. The van der Waals surface area contributed by atoms with Gasteiger partial charge in [-0.1, -0.05) is 41.9 Å². The molecule has 0 aliphatic rings. The maximum absolute atomic E-state index is 11.9. The molecule has 9 heteroatoms. The van der Waals surface area contributed by atoms with E-state index in [-0.39, 0.29) is 18.9 Å². The van der Waals surface area contributed by atoms with Crippen LogP contribution < -0.4 is 16.2 Å². The van der Waals surface area contributed by atoms with Crippen LogP contribution >= 0.6 is 11.6 Å². The van der Waals surface area contributed by atoms with Gasteiger partial charge in [0.1, 0.15) is 0 Å². The molecule has 30 heavy (non-hydrogen) atoms. The minimum atomic E-state index is -0.698.